The number of hydrogen-bond donors (Lipinski definition) is 4. The number of carbonyl (C=O) groups is 1. The molecule has 0 saturated carbocycles. The molecule has 214 valence electrons. The van der Waals surface area contributed by atoms with Gasteiger partial charge in [-0.1, -0.05) is 53.2 Å². The predicted molar refractivity (Wildman–Crippen MR) is 169 cm³/mol. The van der Waals surface area contributed by atoms with E-state index in [2.05, 4.69) is 15.5 Å². The van der Waals surface area contributed by atoms with Crippen LogP contribution in [0, 0.1) is 0 Å². The van der Waals surface area contributed by atoms with E-state index in [1.807, 2.05) is 47.8 Å². The number of rotatable bonds is 11. The minimum absolute atomic E-state index is 0. The van der Waals surface area contributed by atoms with Crippen molar-refractivity contribution in [3.63, 3.8) is 0 Å². The molecule has 1 amide bonds. The number of piperidine rings is 1. The first-order valence-electron chi connectivity index (χ1n) is 12.1. The van der Waals surface area contributed by atoms with Crippen molar-refractivity contribution in [1.29, 1.82) is 0 Å². The molecule has 0 radical (unpaired) electrons. The fraction of sp³-hybridized carbons (Fsp3) is 0.385. The summed E-state index contributed by atoms with van der Waals surface area (Å²) in [6.07, 6.45) is 1.85. The van der Waals surface area contributed by atoms with Crippen LogP contribution in [0.1, 0.15) is 18.4 Å². The first-order chi connectivity index (χ1) is 17.9. The number of aromatic nitrogens is 1. The highest BCUT2D eigenvalue weighted by Gasteiger charge is 2.21. The Kier molecular flexibility index (Phi) is 14.7. The minimum atomic E-state index is -0.307. The van der Waals surface area contributed by atoms with Crippen molar-refractivity contribution in [2.45, 2.75) is 35.8 Å². The molecule has 1 fully saturated rings. The molecule has 7 nitrogen and oxygen atoms in total. The average molecular weight is 654 g/mol. The third-order valence-electron chi connectivity index (χ3n) is 6.11. The topological polar surface area (TPSA) is 104 Å². The number of aliphatic hydroxyl groups excluding tert-OH is 1. The van der Waals surface area contributed by atoms with Crippen LogP contribution in [0.2, 0.25) is 10.0 Å². The van der Waals surface area contributed by atoms with Gasteiger partial charge >= 0.3 is 0 Å². The van der Waals surface area contributed by atoms with Crippen LogP contribution < -0.4 is 16.4 Å². The molecule has 2 heterocycles. The minimum Gasteiger partial charge on any atom is -0.395 e. The molecule has 0 spiro atoms. The molecule has 3 aromatic rings. The number of nitrogens with zero attached hydrogens (tertiary/aromatic N) is 2. The Morgan fingerprint density at radius 3 is 2.67 bits per heavy atom. The highest BCUT2D eigenvalue weighted by Crippen LogP contribution is 2.29. The molecule has 1 unspecified atom stereocenters. The lowest BCUT2D eigenvalue weighted by atomic mass is 10.0. The molecule has 0 bridgehead atoms. The van der Waals surface area contributed by atoms with Crippen LogP contribution in [0.15, 0.2) is 52.2 Å². The number of benzene rings is 2. The van der Waals surface area contributed by atoms with E-state index in [0.29, 0.717) is 22.3 Å². The van der Waals surface area contributed by atoms with Gasteiger partial charge in [-0.15, -0.1) is 36.2 Å². The van der Waals surface area contributed by atoms with Gasteiger partial charge < -0.3 is 21.5 Å². The molecule has 13 heteroatoms. The number of thiazole rings is 1. The Hall–Kier alpha value is -1.27. The first-order valence-corrected chi connectivity index (χ1v) is 14.8. The predicted octanol–water partition coefficient (Wildman–Crippen LogP) is 5.56. The maximum atomic E-state index is 12.6. The summed E-state index contributed by atoms with van der Waals surface area (Å²) in [6, 6.07) is 13.6. The van der Waals surface area contributed by atoms with E-state index in [9.17, 15) is 4.79 Å². The van der Waals surface area contributed by atoms with E-state index in [1.165, 1.54) is 23.1 Å². The van der Waals surface area contributed by atoms with Gasteiger partial charge in [-0.2, -0.15) is 0 Å². The van der Waals surface area contributed by atoms with Crippen LogP contribution in [0.25, 0.3) is 11.3 Å². The molecule has 1 aliphatic heterocycles. The summed E-state index contributed by atoms with van der Waals surface area (Å²) in [5, 5.41) is 18.7. The van der Waals surface area contributed by atoms with Crippen molar-refractivity contribution < 1.29 is 9.90 Å². The van der Waals surface area contributed by atoms with Crippen molar-refractivity contribution >= 4 is 82.7 Å². The third kappa shape index (κ3) is 10.6. The van der Waals surface area contributed by atoms with E-state index in [4.69, 9.17) is 39.0 Å². The third-order valence-corrected chi connectivity index (χ3v) is 8.87. The lowest BCUT2D eigenvalue weighted by Gasteiger charge is -2.32. The fourth-order valence-electron chi connectivity index (χ4n) is 4.09. The molecular formula is C26H33Cl4N5O2S2. The average Bonchev–Trinajstić information content (AvgIpc) is 3.39. The van der Waals surface area contributed by atoms with E-state index >= 15 is 0 Å². The van der Waals surface area contributed by atoms with E-state index in [1.54, 1.807) is 0 Å². The maximum absolute atomic E-state index is 12.6. The van der Waals surface area contributed by atoms with Gasteiger partial charge in [0.25, 0.3) is 0 Å². The zero-order valence-electron chi connectivity index (χ0n) is 21.1. The molecule has 1 aromatic heterocycles. The maximum Gasteiger partial charge on any atom is 0.230 e. The summed E-state index contributed by atoms with van der Waals surface area (Å²) in [7, 11) is 0. The second-order valence-electron chi connectivity index (χ2n) is 9.06. The number of amides is 1. The molecule has 0 aliphatic carbocycles. The first kappa shape index (κ1) is 33.9. The smallest absolute Gasteiger partial charge is 0.230 e. The number of aliphatic hydroxyl groups is 1. The second-order valence-corrected chi connectivity index (χ2v) is 12.0. The van der Waals surface area contributed by atoms with Gasteiger partial charge in [-0.3, -0.25) is 9.69 Å². The number of anilines is 1. The molecule has 1 aliphatic rings. The number of carbonyl (C=O) groups excluding carboxylic acids is 1. The van der Waals surface area contributed by atoms with Crippen LogP contribution in [-0.4, -0.2) is 65.0 Å². The Bertz CT molecular complexity index is 1190. The zero-order valence-corrected chi connectivity index (χ0v) is 25.9. The Morgan fingerprint density at radius 1 is 1.18 bits per heavy atom. The molecule has 2 aromatic carbocycles. The summed E-state index contributed by atoms with van der Waals surface area (Å²) < 4.78 is 0.863. The van der Waals surface area contributed by atoms with Crippen LogP contribution in [0.4, 0.5) is 5.69 Å². The van der Waals surface area contributed by atoms with Gasteiger partial charge in [0, 0.05) is 54.9 Å². The fourth-order valence-corrected chi connectivity index (χ4v) is 6.05. The molecule has 4 rings (SSSR count). The quantitative estimate of drug-likeness (QED) is 0.201. The van der Waals surface area contributed by atoms with E-state index in [0.717, 1.165) is 59.3 Å². The van der Waals surface area contributed by atoms with Crippen molar-refractivity contribution in [2.75, 3.05) is 37.3 Å². The summed E-state index contributed by atoms with van der Waals surface area (Å²) in [6.45, 7) is 3.10. The standard InChI is InChI=1S/C26H31Cl2N5O2S2.2ClH/c27-22-5-4-17(10-23(22)28)13-33-8-6-20(7-9-33)31-25(35)16-37-26-32-24(15-36-26)18-2-1-3-21(11-18)30-12-19(29)14-34;;/h1-5,10-11,15,19-20,30,34H,6-9,12-14,16,29H2,(H,31,35);2*1H. The highest BCUT2D eigenvalue weighted by molar-refractivity contribution is 8.01. The largest absolute Gasteiger partial charge is 0.395 e. The number of nitrogens with two attached hydrogens (primary N) is 1. The molecule has 1 atom stereocenters. The summed E-state index contributed by atoms with van der Waals surface area (Å²) in [4.78, 5) is 19.6. The number of hydrogen-bond acceptors (Lipinski definition) is 8. The summed E-state index contributed by atoms with van der Waals surface area (Å²) in [5.41, 5.74) is 9.69. The van der Waals surface area contributed by atoms with Crippen molar-refractivity contribution in [1.82, 2.24) is 15.2 Å². The molecule has 39 heavy (non-hydrogen) atoms. The number of halogens is 4. The van der Waals surface area contributed by atoms with Gasteiger partial charge in [0.05, 0.1) is 28.1 Å². The van der Waals surface area contributed by atoms with E-state index in [-0.39, 0.29) is 49.4 Å². The Morgan fingerprint density at radius 2 is 1.95 bits per heavy atom. The number of nitrogens with one attached hydrogen (secondary N) is 2. The van der Waals surface area contributed by atoms with Gasteiger partial charge in [0.15, 0.2) is 4.34 Å². The van der Waals surface area contributed by atoms with Crippen LogP contribution in [-0.2, 0) is 11.3 Å². The molecule has 1 saturated heterocycles. The van der Waals surface area contributed by atoms with Crippen molar-refractivity contribution in [3.05, 3.63) is 63.5 Å². The van der Waals surface area contributed by atoms with E-state index < -0.39 is 0 Å². The van der Waals surface area contributed by atoms with Crippen LogP contribution >= 0.6 is 71.1 Å². The molecular weight excluding hydrogens is 620 g/mol. The Labute approximate surface area is 260 Å². The molecule has 5 N–H and O–H groups in total. The van der Waals surface area contributed by atoms with Crippen LogP contribution in [0.3, 0.4) is 0 Å². The number of thioether (sulfide) groups is 1. The van der Waals surface area contributed by atoms with Gasteiger partial charge in [0.1, 0.15) is 0 Å². The SMILES string of the molecule is Cl.Cl.NC(CO)CNc1cccc(-c2csc(SCC(=O)NC3CCN(Cc4ccc(Cl)c(Cl)c4)CC3)n2)c1. The summed E-state index contributed by atoms with van der Waals surface area (Å²) >= 11 is 15.1. The zero-order chi connectivity index (χ0) is 26.2. The second kappa shape index (κ2) is 16.9. The van der Waals surface area contributed by atoms with Crippen LogP contribution in [0.5, 0.6) is 0 Å². The van der Waals surface area contributed by atoms with Crippen molar-refractivity contribution in [3.8, 4) is 11.3 Å². The van der Waals surface area contributed by atoms with Crippen molar-refractivity contribution in [2.24, 2.45) is 5.73 Å². The summed E-state index contributed by atoms with van der Waals surface area (Å²) in [5.74, 6) is 0.382. The lowest BCUT2D eigenvalue weighted by Crippen LogP contribution is -2.44. The lowest BCUT2D eigenvalue weighted by molar-refractivity contribution is -0.119. The highest BCUT2D eigenvalue weighted by atomic mass is 35.5. The van der Waals surface area contributed by atoms with Gasteiger partial charge in [-0.25, -0.2) is 4.98 Å². The normalized spacial score (nSPS) is 14.7. The Balaban J connectivity index is 0.00000267. The van der Waals surface area contributed by atoms with Gasteiger partial charge in [-0.05, 0) is 42.7 Å². The number of likely N-dealkylation sites (tertiary alicyclic amines) is 1. The van der Waals surface area contributed by atoms with Gasteiger partial charge in [0.2, 0.25) is 5.91 Å². The monoisotopic (exact) mass is 651 g/mol.